The highest BCUT2D eigenvalue weighted by atomic mass is 32.2. The minimum Gasteiger partial charge on any atom is -0.299 e. The number of rotatable bonds is 4. The molecule has 2 rings (SSSR count). The molecule has 1 unspecified atom stereocenters. The van der Waals surface area contributed by atoms with Gasteiger partial charge in [-0.1, -0.05) is 18.6 Å². The molecule has 1 fully saturated rings. The second kappa shape index (κ2) is 5.87. The lowest BCUT2D eigenvalue weighted by molar-refractivity contribution is -0.124. The van der Waals surface area contributed by atoms with Gasteiger partial charge >= 0.3 is 0 Å². The molecule has 1 atom stereocenters. The summed E-state index contributed by atoms with van der Waals surface area (Å²) in [6.45, 7) is 0. The summed E-state index contributed by atoms with van der Waals surface area (Å²) in [5, 5.41) is 0. The van der Waals surface area contributed by atoms with Crippen molar-refractivity contribution in [2.45, 2.75) is 37.0 Å². The summed E-state index contributed by atoms with van der Waals surface area (Å²) in [6.07, 6.45) is 4.64. The van der Waals surface area contributed by atoms with Crippen LogP contribution in [0, 0.1) is 5.92 Å². The van der Waals surface area contributed by atoms with Gasteiger partial charge in [0.2, 0.25) is 0 Å². The predicted molar refractivity (Wildman–Crippen MR) is 75.5 cm³/mol. The quantitative estimate of drug-likeness (QED) is 0.800. The third-order valence-electron chi connectivity index (χ3n) is 3.72. The van der Waals surface area contributed by atoms with Crippen LogP contribution in [0.4, 0.5) is 0 Å². The Morgan fingerprint density at radius 1 is 1.20 bits per heavy atom. The Morgan fingerprint density at radius 2 is 1.85 bits per heavy atom. The zero-order valence-corrected chi connectivity index (χ0v) is 12.3. The molecule has 0 radical (unpaired) electrons. The van der Waals surface area contributed by atoms with Gasteiger partial charge in [-0.05, 0) is 25.0 Å². The number of hydrogen-bond acceptors (Lipinski definition) is 4. The summed E-state index contributed by atoms with van der Waals surface area (Å²) < 4.78 is 22.7. The zero-order chi connectivity index (χ0) is 14.8. The molecule has 0 N–H and O–H groups in total. The highest BCUT2D eigenvalue weighted by molar-refractivity contribution is 7.90. The molecule has 1 aromatic carbocycles. The fourth-order valence-corrected chi connectivity index (χ4v) is 3.13. The number of hydrogen-bond donors (Lipinski definition) is 0. The average molecular weight is 294 g/mol. The summed E-state index contributed by atoms with van der Waals surface area (Å²) in [5.74, 6) is -0.0755. The van der Waals surface area contributed by atoms with E-state index in [-0.39, 0.29) is 28.8 Å². The molecule has 0 aromatic heterocycles. The van der Waals surface area contributed by atoms with Crippen LogP contribution in [0.5, 0.6) is 0 Å². The molecule has 0 amide bonds. The lowest BCUT2D eigenvalue weighted by Crippen LogP contribution is -2.22. The standard InChI is InChI=1S/C15H18O4S/c1-20(18,19)13-8-6-11(7-9-13)15(17)10-12-4-2-3-5-14(12)16/h6-9,12H,2-5,10H2,1H3. The van der Waals surface area contributed by atoms with E-state index in [1.54, 1.807) is 0 Å². The molecule has 4 nitrogen and oxygen atoms in total. The van der Waals surface area contributed by atoms with Crippen molar-refractivity contribution in [3.8, 4) is 0 Å². The van der Waals surface area contributed by atoms with Crippen LogP contribution in [0.3, 0.4) is 0 Å². The monoisotopic (exact) mass is 294 g/mol. The number of benzene rings is 1. The Balaban J connectivity index is 2.08. The topological polar surface area (TPSA) is 68.3 Å². The van der Waals surface area contributed by atoms with E-state index in [0.717, 1.165) is 25.5 Å². The van der Waals surface area contributed by atoms with Crippen molar-refractivity contribution in [1.82, 2.24) is 0 Å². The lowest BCUT2D eigenvalue weighted by Gasteiger charge is -2.19. The number of carbonyl (C=O) groups excluding carboxylic acids is 2. The minimum absolute atomic E-state index is 0.0923. The largest absolute Gasteiger partial charge is 0.299 e. The smallest absolute Gasteiger partial charge is 0.175 e. The molecule has 1 aliphatic carbocycles. The van der Waals surface area contributed by atoms with Crippen LogP contribution in [-0.2, 0) is 14.6 Å². The van der Waals surface area contributed by atoms with Gasteiger partial charge in [0.1, 0.15) is 5.78 Å². The summed E-state index contributed by atoms with van der Waals surface area (Å²) in [7, 11) is -3.25. The summed E-state index contributed by atoms with van der Waals surface area (Å²) >= 11 is 0. The Labute approximate surface area is 119 Å². The molecule has 0 spiro atoms. The van der Waals surface area contributed by atoms with E-state index >= 15 is 0 Å². The molecule has 1 saturated carbocycles. The lowest BCUT2D eigenvalue weighted by atomic mass is 9.83. The number of Topliss-reactive ketones (excluding diaryl/α,β-unsaturated/α-hetero) is 2. The van der Waals surface area contributed by atoms with Crippen molar-refractivity contribution < 1.29 is 18.0 Å². The van der Waals surface area contributed by atoms with E-state index in [1.807, 2.05) is 0 Å². The second-order valence-electron chi connectivity index (χ2n) is 5.33. The van der Waals surface area contributed by atoms with Gasteiger partial charge < -0.3 is 0 Å². The van der Waals surface area contributed by atoms with Gasteiger partial charge in [-0.2, -0.15) is 0 Å². The van der Waals surface area contributed by atoms with Crippen LogP contribution in [0.15, 0.2) is 29.2 Å². The number of sulfone groups is 1. The van der Waals surface area contributed by atoms with Crippen molar-refractivity contribution in [2.75, 3.05) is 6.26 Å². The highest BCUT2D eigenvalue weighted by Crippen LogP contribution is 2.25. The molecule has 5 heteroatoms. The van der Waals surface area contributed by atoms with Crippen molar-refractivity contribution in [3.05, 3.63) is 29.8 Å². The van der Waals surface area contributed by atoms with E-state index in [0.29, 0.717) is 12.0 Å². The highest BCUT2D eigenvalue weighted by Gasteiger charge is 2.25. The summed E-state index contributed by atoms with van der Waals surface area (Å²) in [4.78, 5) is 24.0. The molecule has 0 saturated heterocycles. The Kier molecular flexibility index (Phi) is 4.38. The molecular weight excluding hydrogens is 276 g/mol. The van der Waals surface area contributed by atoms with Crippen molar-refractivity contribution in [2.24, 2.45) is 5.92 Å². The first-order chi connectivity index (χ1) is 9.38. The van der Waals surface area contributed by atoms with Gasteiger partial charge in [-0.3, -0.25) is 9.59 Å². The Morgan fingerprint density at radius 3 is 2.40 bits per heavy atom. The summed E-state index contributed by atoms with van der Waals surface area (Å²) in [6, 6.07) is 5.91. The fraction of sp³-hybridized carbons (Fsp3) is 0.467. The van der Waals surface area contributed by atoms with Gasteiger partial charge in [0.15, 0.2) is 15.6 Å². The third-order valence-corrected chi connectivity index (χ3v) is 4.85. The van der Waals surface area contributed by atoms with Crippen LogP contribution in [0.2, 0.25) is 0 Å². The molecule has 20 heavy (non-hydrogen) atoms. The van der Waals surface area contributed by atoms with Crippen LogP contribution in [0.1, 0.15) is 42.5 Å². The van der Waals surface area contributed by atoms with Crippen LogP contribution < -0.4 is 0 Å². The van der Waals surface area contributed by atoms with E-state index in [1.165, 1.54) is 24.3 Å². The number of carbonyl (C=O) groups is 2. The normalized spacial score (nSPS) is 19.9. The molecule has 1 aromatic rings. The molecular formula is C15H18O4S. The molecule has 0 bridgehead atoms. The Hall–Kier alpha value is -1.49. The average Bonchev–Trinajstić information content (AvgIpc) is 2.40. The van der Waals surface area contributed by atoms with Crippen molar-refractivity contribution in [3.63, 3.8) is 0 Å². The molecule has 1 aliphatic rings. The van der Waals surface area contributed by atoms with Crippen LogP contribution >= 0.6 is 0 Å². The number of ketones is 2. The van der Waals surface area contributed by atoms with Crippen LogP contribution in [0.25, 0.3) is 0 Å². The van der Waals surface area contributed by atoms with E-state index in [2.05, 4.69) is 0 Å². The van der Waals surface area contributed by atoms with E-state index < -0.39 is 9.84 Å². The van der Waals surface area contributed by atoms with Gasteiger partial charge in [-0.15, -0.1) is 0 Å². The maximum Gasteiger partial charge on any atom is 0.175 e. The van der Waals surface area contributed by atoms with Crippen molar-refractivity contribution in [1.29, 1.82) is 0 Å². The van der Waals surface area contributed by atoms with E-state index in [4.69, 9.17) is 0 Å². The zero-order valence-electron chi connectivity index (χ0n) is 11.5. The van der Waals surface area contributed by atoms with Gasteiger partial charge in [-0.25, -0.2) is 8.42 Å². The Bertz CT molecular complexity index is 614. The van der Waals surface area contributed by atoms with Crippen LogP contribution in [-0.4, -0.2) is 26.2 Å². The predicted octanol–water partition coefficient (Wildman–Crippen LogP) is 2.42. The molecule has 108 valence electrons. The summed E-state index contributed by atoms with van der Waals surface area (Å²) in [5.41, 5.74) is 0.468. The third kappa shape index (κ3) is 3.54. The van der Waals surface area contributed by atoms with Gasteiger partial charge in [0.25, 0.3) is 0 Å². The first kappa shape index (κ1) is 14.9. The van der Waals surface area contributed by atoms with Gasteiger partial charge in [0.05, 0.1) is 4.90 Å². The van der Waals surface area contributed by atoms with Crippen molar-refractivity contribution >= 4 is 21.4 Å². The first-order valence-corrected chi connectivity index (χ1v) is 8.63. The fourth-order valence-electron chi connectivity index (χ4n) is 2.50. The minimum atomic E-state index is -3.25. The van der Waals surface area contributed by atoms with E-state index in [9.17, 15) is 18.0 Å². The molecule has 0 heterocycles. The SMILES string of the molecule is CS(=O)(=O)c1ccc(C(=O)CC2CCCCC2=O)cc1. The maximum atomic E-state index is 12.1. The second-order valence-corrected chi connectivity index (χ2v) is 7.35. The molecule has 0 aliphatic heterocycles. The first-order valence-electron chi connectivity index (χ1n) is 6.74. The maximum absolute atomic E-state index is 12.1. The van der Waals surface area contributed by atoms with Gasteiger partial charge in [0, 0.05) is 30.6 Å².